The molecule has 2 rings (SSSR count). The predicted molar refractivity (Wildman–Crippen MR) is 76.8 cm³/mol. The minimum absolute atomic E-state index is 0. The van der Waals surface area contributed by atoms with Crippen molar-refractivity contribution in [1.29, 1.82) is 0 Å². The Bertz CT molecular complexity index is 762. The number of rotatable bonds is 5. The first-order valence-corrected chi connectivity index (χ1v) is 9.30. The summed E-state index contributed by atoms with van der Waals surface area (Å²) in [5.74, 6) is 0. The average molecular weight is 372 g/mol. The van der Waals surface area contributed by atoms with Gasteiger partial charge < -0.3 is 40.0 Å². The number of hydrogen-bond donors (Lipinski definition) is 6. The normalized spacial score (nSPS) is 18.7. The van der Waals surface area contributed by atoms with Gasteiger partial charge >= 0.3 is 37.2 Å². The van der Waals surface area contributed by atoms with Gasteiger partial charge in [-0.2, -0.15) is 0 Å². The molecule has 1 heterocycles. The first-order valence-electron chi connectivity index (χ1n) is 6.11. The van der Waals surface area contributed by atoms with Crippen LogP contribution in [0.25, 0.3) is 10.9 Å². The molecule has 1 aromatic heterocycles. The average Bonchev–Trinajstić information content (AvgIpc) is 2.78. The Balaban J connectivity index is 0.00000264. The van der Waals surface area contributed by atoms with Gasteiger partial charge in [0.2, 0.25) is 5.08 Å². The number of para-hydroxylation sites is 1. The molecule has 0 radical (unpaired) electrons. The summed E-state index contributed by atoms with van der Waals surface area (Å²) in [6, 6.07) is 4.98. The van der Waals surface area contributed by atoms with Crippen LogP contribution in [-0.2, 0) is 15.6 Å². The summed E-state index contributed by atoms with van der Waals surface area (Å²) in [6.07, 6.45) is 1.11. The first-order chi connectivity index (χ1) is 9.98. The molecule has 0 aliphatic carbocycles. The number of aromatic amines is 1. The third-order valence-corrected chi connectivity index (χ3v) is 7.35. The van der Waals surface area contributed by atoms with Crippen LogP contribution in [0.15, 0.2) is 30.5 Å². The van der Waals surface area contributed by atoms with Crippen LogP contribution in [0.1, 0.15) is 5.56 Å². The van der Waals surface area contributed by atoms with E-state index in [1.807, 2.05) is 0 Å². The Morgan fingerprint density at radius 3 is 2.35 bits per heavy atom. The molecule has 0 aliphatic heterocycles. The van der Waals surface area contributed by atoms with Crippen molar-refractivity contribution in [1.82, 2.24) is 4.98 Å². The fraction of sp³-hybridized carbons (Fsp3) is 0.273. The van der Waals surface area contributed by atoms with E-state index < -0.39 is 26.3 Å². The van der Waals surface area contributed by atoms with Crippen molar-refractivity contribution in [3.05, 3.63) is 36.0 Å². The molecule has 23 heavy (non-hydrogen) atoms. The largest absolute Gasteiger partial charge is 1.00 e. The van der Waals surface area contributed by atoms with Crippen molar-refractivity contribution in [2.75, 3.05) is 0 Å². The molecular formula is C11H15N2NaO7P2. The zero-order chi connectivity index (χ0) is 16.8. The quantitative estimate of drug-likeness (QED) is 0.230. The minimum Gasteiger partial charge on any atom is -0.776 e. The van der Waals surface area contributed by atoms with Gasteiger partial charge in [0, 0.05) is 17.1 Å². The topological polar surface area (TPSA) is 180 Å². The SMILES string of the molecule is N[C@@H](Cc1c[nH]c2ccccc12)C(O)(P(=O)([O-])O)P(=O)(O)O.[Na+]. The zero-order valence-electron chi connectivity index (χ0n) is 12.2. The van der Waals surface area contributed by atoms with E-state index in [9.17, 15) is 19.1 Å². The minimum atomic E-state index is -5.84. The molecule has 0 saturated heterocycles. The number of aromatic nitrogens is 1. The van der Waals surface area contributed by atoms with E-state index >= 15 is 0 Å². The van der Waals surface area contributed by atoms with Crippen molar-refractivity contribution in [2.24, 2.45) is 5.73 Å². The molecule has 0 fully saturated rings. The van der Waals surface area contributed by atoms with Gasteiger partial charge in [-0.1, -0.05) is 18.2 Å². The fourth-order valence-electron chi connectivity index (χ4n) is 2.26. The molecule has 1 aromatic carbocycles. The van der Waals surface area contributed by atoms with E-state index in [0.717, 1.165) is 0 Å². The second kappa shape index (κ2) is 7.07. The molecular weight excluding hydrogens is 357 g/mol. The molecule has 0 amide bonds. The van der Waals surface area contributed by atoms with Crippen LogP contribution in [0.3, 0.4) is 0 Å². The number of aliphatic hydroxyl groups is 1. The van der Waals surface area contributed by atoms with Crippen molar-refractivity contribution < 1.29 is 63.4 Å². The maximum absolute atomic E-state index is 11.4. The van der Waals surface area contributed by atoms with Gasteiger partial charge in [0.15, 0.2) is 7.60 Å². The van der Waals surface area contributed by atoms with Crippen molar-refractivity contribution in [2.45, 2.75) is 17.5 Å². The number of H-pyrrole nitrogens is 1. The summed E-state index contributed by atoms with van der Waals surface area (Å²) in [4.78, 5) is 41.5. The van der Waals surface area contributed by atoms with Crippen LogP contribution in [-0.4, -0.2) is 35.9 Å². The summed E-state index contributed by atoms with van der Waals surface area (Å²) in [5.41, 5.74) is 6.67. The number of hydrogen-bond acceptors (Lipinski definition) is 5. The molecule has 7 N–H and O–H groups in total. The standard InChI is InChI=1S/C11H16N2O7P2.Na/c12-10(11(14,21(15,16)17)22(18,19)20)5-7-6-13-9-4-2-1-3-8(7)9;/h1-4,6,10,13-14H,5,12H2,(H2,15,16,17)(H2,18,19,20);/q;+1/p-1/t10-;/m0./s1. The Morgan fingerprint density at radius 1 is 1.26 bits per heavy atom. The molecule has 0 spiro atoms. The van der Waals surface area contributed by atoms with Gasteiger partial charge in [-0.15, -0.1) is 0 Å². The van der Waals surface area contributed by atoms with Gasteiger partial charge in [0.05, 0.1) is 6.04 Å². The Morgan fingerprint density at radius 2 is 1.83 bits per heavy atom. The monoisotopic (exact) mass is 372 g/mol. The van der Waals surface area contributed by atoms with Gasteiger partial charge in [-0.3, -0.25) is 4.57 Å². The van der Waals surface area contributed by atoms with Crippen LogP contribution in [0, 0.1) is 0 Å². The van der Waals surface area contributed by atoms with Crippen molar-refractivity contribution >= 4 is 26.1 Å². The van der Waals surface area contributed by atoms with Crippen LogP contribution < -0.4 is 40.2 Å². The number of nitrogens with one attached hydrogen (secondary N) is 1. The van der Waals surface area contributed by atoms with E-state index in [0.29, 0.717) is 16.5 Å². The molecule has 0 saturated carbocycles. The predicted octanol–water partition coefficient (Wildman–Crippen LogP) is -3.59. The van der Waals surface area contributed by atoms with Crippen LogP contribution in [0.4, 0.5) is 0 Å². The van der Waals surface area contributed by atoms with E-state index in [2.05, 4.69) is 4.98 Å². The summed E-state index contributed by atoms with van der Waals surface area (Å²) in [6.45, 7) is 0. The third-order valence-electron chi connectivity index (χ3n) is 3.46. The number of fused-ring (bicyclic) bond motifs is 1. The van der Waals surface area contributed by atoms with E-state index in [4.69, 9.17) is 20.4 Å². The molecule has 2 aromatic rings. The van der Waals surface area contributed by atoms with Crippen LogP contribution in [0.2, 0.25) is 0 Å². The van der Waals surface area contributed by atoms with E-state index in [-0.39, 0.29) is 36.0 Å². The summed E-state index contributed by atoms with van der Waals surface area (Å²) in [5, 5.41) is 6.81. The summed E-state index contributed by atoms with van der Waals surface area (Å²) >= 11 is 0. The molecule has 0 bridgehead atoms. The zero-order valence-corrected chi connectivity index (χ0v) is 15.9. The summed E-state index contributed by atoms with van der Waals surface area (Å²) in [7, 11) is -11.5. The maximum atomic E-state index is 11.4. The van der Waals surface area contributed by atoms with Crippen LogP contribution in [0.5, 0.6) is 0 Å². The second-order valence-electron chi connectivity index (χ2n) is 4.92. The van der Waals surface area contributed by atoms with E-state index in [1.54, 1.807) is 24.3 Å². The fourth-order valence-corrected chi connectivity index (χ4v) is 4.62. The molecule has 9 nitrogen and oxygen atoms in total. The van der Waals surface area contributed by atoms with Crippen molar-refractivity contribution in [3.8, 4) is 0 Å². The second-order valence-corrected chi connectivity index (χ2v) is 8.77. The molecule has 0 aliphatic rings. The first kappa shape index (κ1) is 21.0. The molecule has 2 unspecified atom stereocenters. The number of nitrogens with two attached hydrogens (primary N) is 1. The Kier molecular flexibility index (Phi) is 6.47. The number of benzene rings is 1. The smallest absolute Gasteiger partial charge is 0.776 e. The van der Waals surface area contributed by atoms with Crippen LogP contribution >= 0.6 is 15.2 Å². The van der Waals surface area contributed by atoms with Gasteiger partial charge in [-0.25, -0.2) is 0 Å². The molecule has 12 heteroatoms. The van der Waals surface area contributed by atoms with Gasteiger partial charge in [0.1, 0.15) is 0 Å². The van der Waals surface area contributed by atoms with E-state index in [1.165, 1.54) is 6.20 Å². The van der Waals surface area contributed by atoms with Gasteiger partial charge in [0.25, 0.3) is 0 Å². The molecule has 3 atom stereocenters. The Labute approximate surface area is 153 Å². The third kappa shape index (κ3) is 3.81. The summed E-state index contributed by atoms with van der Waals surface area (Å²) < 4.78 is 22.6. The maximum Gasteiger partial charge on any atom is 1.00 e. The Hall–Kier alpha value is -0.0200. The van der Waals surface area contributed by atoms with Gasteiger partial charge in [-0.05, 0) is 18.1 Å². The van der Waals surface area contributed by atoms with Crippen molar-refractivity contribution in [3.63, 3.8) is 0 Å². The molecule has 122 valence electrons.